The number of para-hydroxylation sites is 3. The number of benzene rings is 2. The summed E-state index contributed by atoms with van der Waals surface area (Å²) in [4.78, 5) is 14.4. The second-order valence-electron chi connectivity index (χ2n) is 4.99. The highest BCUT2D eigenvalue weighted by atomic mass is 16.5. The zero-order chi connectivity index (χ0) is 16.5. The molecule has 4 heteroatoms. The Hall–Kier alpha value is -2.75. The number of amides is 1. The molecule has 0 bridgehead atoms. The highest BCUT2D eigenvalue weighted by Gasteiger charge is 2.12. The number of anilines is 2. The zero-order valence-electron chi connectivity index (χ0n) is 13.4. The number of likely N-dealkylation sites (N-methyl/N-ethyl adjacent to an activating group) is 1. The first kappa shape index (κ1) is 16.6. The van der Waals surface area contributed by atoms with Gasteiger partial charge in [-0.3, -0.25) is 4.79 Å². The fraction of sp³-hybridized carbons (Fsp3) is 0.211. The van der Waals surface area contributed by atoms with Crippen molar-refractivity contribution in [3.8, 4) is 5.75 Å². The summed E-state index contributed by atoms with van der Waals surface area (Å²) in [6, 6.07) is 17.3. The molecule has 0 aliphatic rings. The van der Waals surface area contributed by atoms with Gasteiger partial charge in [-0.2, -0.15) is 0 Å². The van der Waals surface area contributed by atoms with Crippen LogP contribution in [-0.4, -0.2) is 25.6 Å². The fourth-order valence-corrected chi connectivity index (χ4v) is 2.23. The summed E-state index contributed by atoms with van der Waals surface area (Å²) in [5.74, 6) is 0.564. The molecule has 0 saturated heterocycles. The van der Waals surface area contributed by atoms with Gasteiger partial charge in [0.05, 0.1) is 12.2 Å². The number of ether oxygens (including phenoxy) is 1. The summed E-state index contributed by atoms with van der Waals surface area (Å²) in [5.41, 5.74) is 1.70. The van der Waals surface area contributed by atoms with E-state index in [9.17, 15) is 4.79 Å². The first-order valence-corrected chi connectivity index (χ1v) is 7.67. The molecule has 2 rings (SSSR count). The van der Waals surface area contributed by atoms with E-state index in [0.29, 0.717) is 18.0 Å². The average molecular weight is 310 g/mol. The quantitative estimate of drug-likeness (QED) is 0.756. The van der Waals surface area contributed by atoms with E-state index in [0.717, 1.165) is 12.2 Å². The van der Waals surface area contributed by atoms with Gasteiger partial charge < -0.3 is 15.0 Å². The molecular weight excluding hydrogens is 288 g/mol. The van der Waals surface area contributed by atoms with Gasteiger partial charge in [-0.1, -0.05) is 43.0 Å². The van der Waals surface area contributed by atoms with Crippen LogP contribution in [0.15, 0.2) is 67.3 Å². The van der Waals surface area contributed by atoms with Gasteiger partial charge in [0.15, 0.2) is 0 Å². The van der Waals surface area contributed by atoms with Crippen LogP contribution in [0.1, 0.15) is 6.92 Å². The fourth-order valence-electron chi connectivity index (χ4n) is 2.23. The van der Waals surface area contributed by atoms with Gasteiger partial charge >= 0.3 is 0 Å². The van der Waals surface area contributed by atoms with Crippen LogP contribution < -0.4 is 15.0 Å². The Balaban J connectivity index is 2.03. The van der Waals surface area contributed by atoms with Crippen molar-refractivity contribution in [2.24, 2.45) is 0 Å². The van der Waals surface area contributed by atoms with Crippen LogP contribution in [-0.2, 0) is 4.79 Å². The predicted octanol–water partition coefficient (Wildman–Crippen LogP) is 3.72. The number of carbonyl (C=O) groups excluding carboxylic acids is 1. The molecule has 120 valence electrons. The van der Waals surface area contributed by atoms with Crippen LogP contribution in [0.25, 0.3) is 0 Å². The highest BCUT2D eigenvalue weighted by Crippen LogP contribution is 2.24. The number of carbonyl (C=O) groups is 1. The molecule has 0 aromatic heterocycles. The predicted molar refractivity (Wildman–Crippen MR) is 95.1 cm³/mol. The second kappa shape index (κ2) is 8.63. The van der Waals surface area contributed by atoms with Crippen molar-refractivity contribution in [3.05, 3.63) is 67.3 Å². The number of hydrogen-bond acceptors (Lipinski definition) is 3. The number of rotatable bonds is 8. The normalized spacial score (nSPS) is 9.96. The smallest absolute Gasteiger partial charge is 0.243 e. The second-order valence-corrected chi connectivity index (χ2v) is 4.99. The summed E-state index contributed by atoms with van der Waals surface area (Å²) in [6.07, 6.45) is 1.67. The third kappa shape index (κ3) is 4.88. The van der Waals surface area contributed by atoms with Crippen LogP contribution in [0.3, 0.4) is 0 Å². The van der Waals surface area contributed by atoms with Gasteiger partial charge in [0.25, 0.3) is 0 Å². The molecule has 0 atom stereocenters. The van der Waals surface area contributed by atoms with Gasteiger partial charge in [0, 0.05) is 12.2 Å². The molecule has 0 radical (unpaired) electrons. The van der Waals surface area contributed by atoms with Gasteiger partial charge in [-0.25, -0.2) is 0 Å². The van der Waals surface area contributed by atoms with E-state index in [1.54, 1.807) is 6.08 Å². The average Bonchev–Trinajstić information content (AvgIpc) is 2.59. The Morgan fingerprint density at radius 3 is 2.57 bits per heavy atom. The van der Waals surface area contributed by atoms with Crippen molar-refractivity contribution in [2.45, 2.75) is 6.92 Å². The zero-order valence-corrected chi connectivity index (χ0v) is 13.4. The van der Waals surface area contributed by atoms with Crippen molar-refractivity contribution >= 4 is 17.3 Å². The molecule has 2 aromatic rings. The first-order valence-electron chi connectivity index (χ1n) is 7.67. The molecular formula is C19H22N2O2. The van der Waals surface area contributed by atoms with Crippen molar-refractivity contribution in [1.82, 2.24) is 0 Å². The lowest BCUT2D eigenvalue weighted by Crippen LogP contribution is -2.33. The molecule has 2 aromatic carbocycles. The maximum atomic E-state index is 12.4. The lowest BCUT2D eigenvalue weighted by Gasteiger charge is -2.22. The van der Waals surface area contributed by atoms with Crippen LogP contribution in [0, 0.1) is 0 Å². The Morgan fingerprint density at radius 2 is 1.87 bits per heavy atom. The van der Waals surface area contributed by atoms with Crippen molar-refractivity contribution in [2.75, 3.05) is 29.9 Å². The summed E-state index contributed by atoms with van der Waals surface area (Å²) < 4.78 is 5.56. The molecule has 0 unspecified atom stereocenters. The maximum absolute atomic E-state index is 12.4. The van der Waals surface area contributed by atoms with E-state index in [2.05, 4.69) is 11.9 Å². The largest absolute Gasteiger partial charge is 0.487 e. The summed E-state index contributed by atoms with van der Waals surface area (Å²) in [5, 5.41) is 2.91. The molecule has 0 saturated carbocycles. The lowest BCUT2D eigenvalue weighted by atomic mass is 10.2. The van der Waals surface area contributed by atoms with E-state index in [1.165, 1.54) is 0 Å². The Labute approximate surface area is 137 Å². The number of nitrogens with one attached hydrogen (secondary N) is 1. The minimum Gasteiger partial charge on any atom is -0.487 e. The van der Waals surface area contributed by atoms with Crippen LogP contribution in [0.4, 0.5) is 11.4 Å². The lowest BCUT2D eigenvalue weighted by molar-refractivity contribution is -0.115. The maximum Gasteiger partial charge on any atom is 0.243 e. The minimum absolute atomic E-state index is 0.0784. The molecule has 0 spiro atoms. The molecule has 0 aliphatic heterocycles. The van der Waals surface area contributed by atoms with E-state index >= 15 is 0 Å². The van der Waals surface area contributed by atoms with Crippen molar-refractivity contribution in [3.63, 3.8) is 0 Å². The standard InChI is InChI=1S/C19H22N2O2/c1-3-14-23-18-13-9-8-12-17(18)20-19(22)15-21(4-2)16-10-6-5-7-11-16/h3,5-13H,1,4,14-15H2,2H3,(H,20,22). The van der Waals surface area contributed by atoms with E-state index in [4.69, 9.17) is 4.74 Å². The third-order valence-electron chi connectivity index (χ3n) is 3.36. The van der Waals surface area contributed by atoms with Crippen LogP contribution >= 0.6 is 0 Å². The monoisotopic (exact) mass is 310 g/mol. The van der Waals surface area contributed by atoms with E-state index in [1.807, 2.05) is 66.4 Å². The Bertz CT molecular complexity index is 641. The SMILES string of the molecule is C=CCOc1ccccc1NC(=O)CN(CC)c1ccccc1. The number of hydrogen-bond donors (Lipinski definition) is 1. The molecule has 23 heavy (non-hydrogen) atoms. The van der Waals surface area contributed by atoms with E-state index < -0.39 is 0 Å². The van der Waals surface area contributed by atoms with Gasteiger partial charge in [-0.15, -0.1) is 0 Å². The van der Waals surface area contributed by atoms with E-state index in [-0.39, 0.29) is 12.5 Å². The van der Waals surface area contributed by atoms with Gasteiger partial charge in [0.1, 0.15) is 12.4 Å². The van der Waals surface area contributed by atoms with Crippen molar-refractivity contribution < 1.29 is 9.53 Å². The molecule has 0 aliphatic carbocycles. The molecule has 0 fully saturated rings. The molecule has 1 amide bonds. The first-order chi connectivity index (χ1) is 11.2. The minimum atomic E-state index is -0.0784. The Morgan fingerprint density at radius 1 is 1.17 bits per heavy atom. The van der Waals surface area contributed by atoms with Crippen LogP contribution in [0.2, 0.25) is 0 Å². The summed E-state index contributed by atoms with van der Waals surface area (Å²) >= 11 is 0. The summed E-state index contributed by atoms with van der Waals surface area (Å²) in [7, 11) is 0. The van der Waals surface area contributed by atoms with Gasteiger partial charge in [-0.05, 0) is 31.2 Å². The molecule has 4 nitrogen and oxygen atoms in total. The molecule has 1 N–H and O–H groups in total. The third-order valence-corrected chi connectivity index (χ3v) is 3.36. The van der Waals surface area contributed by atoms with Crippen molar-refractivity contribution in [1.29, 1.82) is 0 Å². The molecule has 0 heterocycles. The van der Waals surface area contributed by atoms with Crippen LogP contribution in [0.5, 0.6) is 5.75 Å². The van der Waals surface area contributed by atoms with Gasteiger partial charge in [0.2, 0.25) is 5.91 Å². The topological polar surface area (TPSA) is 41.6 Å². The number of nitrogens with zero attached hydrogens (tertiary/aromatic N) is 1. The summed E-state index contributed by atoms with van der Waals surface area (Å²) in [6.45, 7) is 7.11. The Kier molecular flexibility index (Phi) is 6.24. The highest BCUT2D eigenvalue weighted by molar-refractivity contribution is 5.95.